The first-order chi connectivity index (χ1) is 14.3. The summed E-state index contributed by atoms with van der Waals surface area (Å²) in [5.41, 5.74) is 2.47. The van der Waals surface area contributed by atoms with Crippen molar-refractivity contribution in [3.63, 3.8) is 0 Å². The first-order valence-corrected chi connectivity index (χ1v) is 11.6. The molecule has 3 heterocycles. The zero-order valence-electron chi connectivity index (χ0n) is 17.3. The third kappa shape index (κ3) is 3.68. The second kappa shape index (κ2) is 8.17. The monoisotopic (exact) mass is 443 g/mol. The number of carbonyl (C=O) groups is 1. The van der Waals surface area contributed by atoms with Gasteiger partial charge in [0.15, 0.2) is 5.16 Å². The molecule has 158 valence electrons. The van der Waals surface area contributed by atoms with E-state index in [0.717, 1.165) is 27.8 Å². The number of carboxylic acid groups (broad SMARTS) is 1. The van der Waals surface area contributed by atoms with Crippen LogP contribution < -0.4 is 10.7 Å². The largest absolute Gasteiger partial charge is 0.549 e. The predicted octanol–water partition coefficient (Wildman–Crippen LogP) is 3.08. The molecule has 8 heteroatoms. The number of aliphatic carboxylic acids is 1. The lowest BCUT2D eigenvalue weighted by atomic mass is 9.96. The maximum absolute atomic E-state index is 13.8. The molecule has 0 N–H and O–H groups in total. The molecule has 0 bridgehead atoms. The van der Waals surface area contributed by atoms with Gasteiger partial charge in [0.2, 0.25) is 0 Å². The van der Waals surface area contributed by atoms with Crippen molar-refractivity contribution in [3.05, 3.63) is 50.6 Å². The van der Waals surface area contributed by atoms with Crippen LogP contribution in [0.2, 0.25) is 0 Å². The van der Waals surface area contributed by atoms with Gasteiger partial charge in [-0.1, -0.05) is 43.8 Å². The van der Waals surface area contributed by atoms with Crippen molar-refractivity contribution < 1.29 is 14.6 Å². The molecule has 3 aromatic rings. The number of aryl methyl sites for hydroxylation is 1. The van der Waals surface area contributed by atoms with Gasteiger partial charge in [-0.3, -0.25) is 9.36 Å². The van der Waals surface area contributed by atoms with Gasteiger partial charge in [-0.15, -0.1) is 11.3 Å². The summed E-state index contributed by atoms with van der Waals surface area (Å²) in [6.45, 7) is 8.17. The minimum absolute atomic E-state index is 0.0637. The maximum atomic E-state index is 13.8. The fraction of sp³-hybridized carbons (Fsp3) is 0.409. The van der Waals surface area contributed by atoms with Crippen LogP contribution in [0.25, 0.3) is 15.9 Å². The van der Waals surface area contributed by atoms with E-state index in [1.165, 1.54) is 11.3 Å². The van der Waals surface area contributed by atoms with Gasteiger partial charge in [-0.05, 0) is 37.0 Å². The highest BCUT2D eigenvalue weighted by Crippen LogP contribution is 2.37. The lowest BCUT2D eigenvalue weighted by Crippen LogP contribution is -2.32. The van der Waals surface area contributed by atoms with Crippen molar-refractivity contribution >= 4 is 39.3 Å². The standard InChI is InChI=1S/C22H24N2O4S2/c1-11(2)16-9-14-17(10-28-16)30-19-18(14)20(25)24(15-8-6-5-7-12(15)3)22(23-19)29-13(4)21(26)27/h5-8,11,13,16H,9-10H2,1-4H3,(H,26,27)/p-1/t13-,16+/m1/s1. The van der Waals surface area contributed by atoms with Crippen LogP contribution in [0.15, 0.2) is 34.2 Å². The maximum Gasteiger partial charge on any atom is 0.267 e. The first-order valence-electron chi connectivity index (χ1n) is 9.90. The normalized spacial score (nSPS) is 17.3. The van der Waals surface area contributed by atoms with Crippen molar-refractivity contribution in [2.24, 2.45) is 5.92 Å². The van der Waals surface area contributed by atoms with Crippen molar-refractivity contribution in [1.82, 2.24) is 9.55 Å². The summed E-state index contributed by atoms with van der Waals surface area (Å²) in [6, 6.07) is 7.55. The van der Waals surface area contributed by atoms with Gasteiger partial charge in [-0.2, -0.15) is 0 Å². The van der Waals surface area contributed by atoms with Crippen molar-refractivity contribution in [1.29, 1.82) is 0 Å². The Bertz CT molecular complexity index is 1180. The number of fused-ring (bicyclic) bond motifs is 3. The Morgan fingerprint density at radius 2 is 2.07 bits per heavy atom. The molecule has 0 spiro atoms. The Hall–Kier alpha value is -2.16. The molecule has 2 atom stereocenters. The summed E-state index contributed by atoms with van der Waals surface area (Å²) >= 11 is 2.49. The molecule has 0 aliphatic carbocycles. The third-order valence-electron chi connectivity index (χ3n) is 5.43. The number of nitrogens with zero attached hydrogens (tertiary/aromatic N) is 2. The highest BCUT2D eigenvalue weighted by molar-refractivity contribution is 8.00. The quantitative estimate of drug-likeness (QED) is 0.445. The topological polar surface area (TPSA) is 84.3 Å². The van der Waals surface area contributed by atoms with Crippen LogP contribution in [-0.4, -0.2) is 26.9 Å². The second-order valence-corrected chi connectivity index (χ2v) is 10.3. The number of thioether (sulfide) groups is 1. The highest BCUT2D eigenvalue weighted by Gasteiger charge is 2.29. The molecule has 0 unspecified atom stereocenters. The van der Waals surface area contributed by atoms with Gasteiger partial charge in [0.05, 0.1) is 29.8 Å². The fourth-order valence-electron chi connectivity index (χ4n) is 3.65. The molecule has 0 saturated carbocycles. The van der Waals surface area contributed by atoms with Crippen LogP contribution in [-0.2, 0) is 22.6 Å². The number of hydrogen-bond acceptors (Lipinski definition) is 7. The molecule has 1 aliphatic rings. The molecule has 0 fully saturated rings. The number of aromatic nitrogens is 2. The minimum Gasteiger partial charge on any atom is -0.549 e. The SMILES string of the molecule is Cc1ccccc1-n1c(S[C@H](C)C(=O)[O-])nc2sc3c(c2c1=O)C[C@@H](C(C)C)OC3. The first kappa shape index (κ1) is 21.1. The van der Waals surface area contributed by atoms with E-state index in [1.54, 1.807) is 11.5 Å². The van der Waals surface area contributed by atoms with Crippen LogP contribution >= 0.6 is 23.1 Å². The Balaban J connectivity index is 1.97. The summed E-state index contributed by atoms with van der Waals surface area (Å²) in [4.78, 5) is 31.5. The fourth-order valence-corrected chi connectivity index (χ4v) is 5.66. The Labute approximate surface area is 182 Å². The molecular formula is C22H23N2O4S2-. The Kier molecular flexibility index (Phi) is 5.74. The summed E-state index contributed by atoms with van der Waals surface area (Å²) in [5.74, 6) is -0.845. The minimum atomic E-state index is -1.19. The molecule has 0 saturated heterocycles. The van der Waals surface area contributed by atoms with E-state index in [2.05, 4.69) is 13.8 Å². The van der Waals surface area contributed by atoms with Crippen LogP contribution in [0.4, 0.5) is 0 Å². The van der Waals surface area contributed by atoms with Crippen molar-refractivity contribution in [2.75, 3.05) is 0 Å². The summed E-state index contributed by atoms with van der Waals surface area (Å²) in [7, 11) is 0. The smallest absolute Gasteiger partial charge is 0.267 e. The molecule has 1 aromatic carbocycles. The van der Waals surface area contributed by atoms with E-state index < -0.39 is 11.2 Å². The van der Waals surface area contributed by atoms with Gasteiger partial charge in [0, 0.05) is 16.5 Å². The molecule has 0 amide bonds. The number of benzene rings is 1. The Morgan fingerprint density at radius 3 is 2.73 bits per heavy atom. The number of carbonyl (C=O) groups excluding carboxylic acids is 1. The zero-order valence-corrected chi connectivity index (χ0v) is 18.9. The van der Waals surface area contributed by atoms with Crippen molar-refractivity contribution in [3.8, 4) is 5.69 Å². The van der Waals surface area contributed by atoms with Crippen LogP contribution in [0.3, 0.4) is 0 Å². The number of rotatable bonds is 5. The molecule has 6 nitrogen and oxygen atoms in total. The number of carboxylic acids is 1. The molecule has 0 radical (unpaired) electrons. The summed E-state index contributed by atoms with van der Waals surface area (Å²) < 4.78 is 7.53. The van der Waals surface area contributed by atoms with Crippen LogP contribution in [0.1, 0.15) is 36.8 Å². The number of thiophene rings is 1. The van der Waals surface area contributed by atoms with Crippen LogP contribution in [0, 0.1) is 12.8 Å². The number of ether oxygens (including phenoxy) is 1. The average Bonchev–Trinajstić information content (AvgIpc) is 3.06. The van der Waals surface area contributed by atoms with Gasteiger partial charge >= 0.3 is 0 Å². The van der Waals surface area contributed by atoms with Gasteiger partial charge in [0.25, 0.3) is 5.56 Å². The number of para-hydroxylation sites is 1. The lowest BCUT2D eigenvalue weighted by Gasteiger charge is -2.26. The van der Waals surface area contributed by atoms with E-state index in [-0.39, 0.29) is 11.7 Å². The second-order valence-electron chi connectivity index (χ2n) is 7.88. The van der Waals surface area contributed by atoms with Gasteiger partial charge in [0.1, 0.15) is 4.83 Å². The molecule has 4 rings (SSSR count). The van der Waals surface area contributed by atoms with Crippen molar-refractivity contribution in [2.45, 2.75) is 57.2 Å². The number of hydrogen-bond donors (Lipinski definition) is 0. The lowest BCUT2D eigenvalue weighted by molar-refractivity contribution is -0.304. The van der Waals surface area contributed by atoms with E-state index in [0.29, 0.717) is 40.0 Å². The molecule has 30 heavy (non-hydrogen) atoms. The van der Waals surface area contributed by atoms with E-state index in [1.807, 2.05) is 31.2 Å². The predicted molar refractivity (Wildman–Crippen MR) is 117 cm³/mol. The van der Waals surface area contributed by atoms with Gasteiger partial charge < -0.3 is 14.6 Å². The molecular weight excluding hydrogens is 420 g/mol. The van der Waals surface area contributed by atoms with E-state index in [4.69, 9.17) is 9.72 Å². The van der Waals surface area contributed by atoms with Gasteiger partial charge in [-0.25, -0.2) is 4.98 Å². The summed E-state index contributed by atoms with van der Waals surface area (Å²) in [5, 5.41) is 11.5. The Morgan fingerprint density at radius 1 is 1.33 bits per heavy atom. The molecule has 2 aromatic heterocycles. The van der Waals surface area contributed by atoms with E-state index >= 15 is 0 Å². The molecule has 1 aliphatic heterocycles. The van der Waals surface area contributed by atoms with Crippen LogP contribution in [0.5, 0.6) is 0 Å². The zero-order chi connectivity index (χ0) is 21.6. The van der Waals surface area contributed by atoms with E-state index in [9.17, 15) is 14.7 Å². The highest BCUT2D eigenvalue weighted by atomic mass is 32.2. The average molecular weight is 444 g/mol. The summed E-state index contributed by atoms with van der Waals surface area (Å²) in [6.07, 6.45) is 0.744. The third-order valence-corrected chi connectivity index (χ3v) is 7.56.